The molecular weight excluding hydrogens is 512 g/mol. The minimum Gasteiger partial charge on any atom is -0.349 e. The van der Waals surface area contributed by atoms with E-state index < -0.39 is 0 Å². The zero-order chi connectivity index (χ0) is 28.8. The van der Waals surface area contributed by atoms with Crippen molar-refractivity contribution >= 4 is 34.8 Å². The molecular formula is C30H39ClN6O2. The molecule has 208 valence electrons. The van der Waals surface area contributed by atoms with Crippen LogP contribution in [0.1, 0.15) is 47.8 Å². The van der Waals surface area contributed by atoms with Gasteiger partial charge in [0.1, 0.15) is 24.1 Å². The zero-order valence-electron chi connectivity index (χ0n) is 23.6. The number of alkyl halides is 1. The van der Waals surface area contributed by atoms with E-state index in [4.69, 9.17) is 11.6 Å². The second-order valence-electron chi connectivity index (χ2n) is 8.98. The van der Waals surface area contributed by atoms with Gasteiger partial charge in [-0.15, -0.1) is 11.6 Å². The average molecular weight is 551 g/mol. The molecule has 0 saturated carbocycles. The Kier molecular flexibility index (Phi) is 13.0. The lowest BCUT2D eigenvalue weighted by atomic mass is 10.1. The van der Waals surface area contributed by atoms with Gasteiger partial charge in [-0.05, 0) is 49.9 Å². The molecule has 2 aromatic carbocycles. The molecule has 0 fully saturated rings. The molecule has 2 amide bonds. The van der Waals surface area contributed by atoms with Crippen molar-refractivity contribution in [1.82, 2.24) is 19.5 Å². The highest BCUT2D eigenvalue weighted by atomic mass is 35.5. The van der Waals surface area contributed by atoms with Crippen molar-refractivity contribution in [2.75, 3.05) is 16.5 Å². The van der Waals surface area contributed by atoms with Crippen LogP contribution in [0.4, 0.5) is 11.4 Å². The van der Waals surface area contributed by atoms with Gasteiger partial charge in [0.05, 0.1) is 0 Å². The Morgan fingerprint density at radius 1 is 0.821 bits per heavy atom. The highest BCUT2D eigenvalue weighted by Gasteiger charge is 2.09. The molecule has 0 unspecified atom stereocenters. The van der Waals surface area contributed by atoms with Crippen LogP contribution >= 0.6 is 11.6 Å². The lowest BCUT2D eigenvalue weighted by Crippen LogP contribution is -2.20. The molecule has 2 aromatic heterocycles. The molecule has 0 atom stereocenters. The zero-order valence-corrected chi connectivity index (χ0v) is 24.4. The number of para-hydroxylation sites is 2. The Labute approximate surface area is 236 Å². The van der Waals surface area contributed by atoms with E-state index in [1.165, 1.54) is 0 Å². The predicted molar refractivity (Wildman–Crippen MR) is 159 cm³/mol. The van der Waals surface area contributed by atoms with Gasteiger partial charge in [0.25, 0.3) is 0 Å². The number of carbonyl (C=O) groups excluding carboxylic acids is 2. The summed E-state index contributed by atoms with van der Waals surface area (Å²) in [5, 5.41) is 5.74. The van der Waals surface area contributed by atoms with Gasteiger partial charge in [-0.3, -0.25) is 9.59 Å². The molecule has 0 spiro atoms. The van der Waals surface area contributed by atoms with Gasteiger partial charge in [0.2, 0.25) is 11.8 Å². The van der Waals surface area contributed by atoms with Crippen molar-refractivity contribution < 1.29 is 9.59 Å². The maximum absolute atomic E-state index is 12.1. The van der Waals surface area contributed by atoms with Crippen molar-refractivity contribution in [1.29, 1.82) is 0 Å². The number of aryl methyl sites for hydroxylation is 6. The number of carbonyl (C=O) groups is 2. The first-order valence-electron chi connectivity index (χ1n) is 13.0. The normalized spacial score (nSPS) is 10.0. The quantitative estimate of drug-likeness (QED) is 0.240. The van der Waals surface area contributed by atoms with Gasteiger partial charge in [-0.2, -0.15) is 0 Å². The van der Waals surface area contributed by atoms with E-state index in [2.05, 4.69) is 32.5 Å². The molecule has 4 aromatic rings. The molecule has 0 aliphatic heterocycles. The summed E-state index contributed by atoms with van der Waals surface area (Å²) < 4.78 is 1.88. The topological polar surface area (TPSA) is 105 Å². The average Bonchev–Trinajstić information content (AvgIpc) is 3.61. The van der Waals surface area contributed by atoms with E-state index in [-0.39, 0.29) is 17.7 Å². The molecule has 3 N–H and O–H groups in total. The molecule has 8 nitrogen and oxygen atoms in total. The fraction of sp³-hybridized carbons (Fsp3) is 0.333. The van der Waals surface area contributed by atoms with E-state index in [0.29, 0.717) is 6.54 Å². The van der Waals surface area contributed by atoms with Crippen LogP contribution in [0.25, 0.3) is 0 Å². The van der Waals surface area contributed by atoms with E-state index in [1.54, 1.807) is 12.4 Å². The van der Waals surface area contributed by atoms with Crippen LogP contribution in [0.3, 0.4) is 0 Å². The van der Waals surface area contributed by atoms with Crippen LogP contribution in [-0.4, -0.2) is 37.2 Å². The number of halogens is 1. The lowest BCUT2D eigenvalue weighted by molar-refractivity contribution is -0.117. The molecule has 0 radical (unpaired) electrons. The fourth-order valence-corrected chi connectivity index (χ4v) is 3.89. The number of benzene rings is 2. The van der Waals surface area contributed by atoms with Crippen LogP contribution in [-0.2, 0) is 29.0 Å². The number of imidazole rings is 2. The van der Waals surface area contributed by atoms with Crippen molar-refractivity contribution in [3.05, 3.63) is 95.1 Å². The van der Waals surface area contributed by atoms with Crippen molar-refractivity contribution in [3.63, 3.8) is 0 Å². The first-order valence-corrected chi connectivity index (χ1v) is 13.5. The number of H-pyrrole nitrogens is 1. The molecule has 4 rings (SSSR count). The maximum Gasteiger partial charge on any atom is 0.244 e. The first kappa shape index (κ1) is 31.3. The number of nitrogens with one attached hydrogen (secondary N) is 3. The van der Waals surface area contributed by atoms with Gasteiger partial charge in [-0.25, -0.2) is 9.97 Å². The van der Waals surface area contributed by atoms with Crippen LogP contribution < -0.4 is 10.6 Å². The second-order valence-corrected chi connectivity index (χ2v) is 9.25. The summed E-state index contributed by atoms with van der Waals surface area (Å²) >= 11 is 5.39. The minimum atomic E-state index is -0.168. The second kappa shape index (κ2) is 16.1. The molecule has 2 heterocycles. The van der Waals surface area contributed by atoms with Gasteiger partial charge in [0.15, 0.2) is 0 Å². The SMILES string of the molecule is CCc1ncc[nH]1.CCc1nccn1CC(=O)Nc1c(C)cccc1C.Cc1cccc(C)c1NC(=O)CCl. The number of amides is 2. The third-order valence-electron chi connectivity index (χ3n) is 5.93. The van der Waals surface area contributed by atoms with Crippen LogP contribution in [0, 0.1) is 27.7 Å². The molecule has 9 heteroatoms. The summed E-state index contributed by atoms with van der Waals surface area (Å²) in [6.45, 7) is 12.3. The highest BCUT2D eigenvalue weighted by molar-refractivity contribution is 6.29. The molecule has 0 saturated heterocycles. The fourth-order valence-electron chi connectivity index (χ4n) is 3.82. The molecule has 0 aliphatic rings. The van der Waals surface area contributed by atoms with Crippen LogP contribution in [0.5, 0.6) is 0 Å². The third kappa shape index (κ3) is 10.1. The summed E-state index contributed by atoms with van der Waals surface area (Å²) in [4.78, 5) is 34.3. The van der Waals surface area contributed by atoms with Crippen molar-refractivity contribution in [2.24, 2.45) is 0 Å². The summed E-state index contributed by atoms with van der Waals surface area (Å²) in [7, 11) is 0. The maximum atomic E-state index is 12.1. The Morgan fingerprint density at radius 3 is 1.77 bits per heavy atom. The summed E-state index contributed by atoms with van der Waals surface area (Å²) in [5.41, 5.74) is 6.04. The monoisotopic (exact) mass is 550 g/mol. The number of anilines is 2. The van der Waals surface area contributed by atoms with E-state index >= 15 is 0 Å². The number of hydrogen-bond acceptors (Lipinski definition) is 4. The Morgan fingerprint density at radius 2 is 1.36 bits per heavy atom. The molecule has 39 heavy (non-hydrogen) atoms. The van der Waals surface area contributed by atoms with Crippen LogP contribution in [0.15, 0.2) is 61.2 Å². The lowest BCUT2D eigenvalue weighted by Gasteiger charge is -2.12. The largest absolute Gasteiger partial charge is 0.349 e. The highest BCUT2D eigenvalue weighted by Crippen LogP contribution is 2.20. The van der Waals surface area contributed by atoms with E-state index in [9.17, 15) is 9.59 Å². The smallest absolute Gasteiger partial charge is 0.244 e. The number of rotatable bonds is 7. The molecule has 0 aliphatic carbocycles. The van der Waals surface area contributed by atoms with E-state index in [1.807, 2.05) is 88.0 Å². The standard InChI is InChI=1S/C15H19N3O.C10H12ClNO.C5H8N2/c1-4-13-16-8-9-18(13)10-14(19)17-15-11(2)6-5-7-12(15)3;1-7-4-3-5-8(2)10(7)12-9(13)6-11;1-2-5-6-3-4-7-5/h5-9H,4,10H2,1-3H3,(H,17,19);3-5H,6H2,1-2H3,(H,12,13);3-4H,2H2,1H3,(H,6,7). The third-order valence-corrected chi connectivity index (χ3v) is 6.18. The first-order chi connectivity index (χ1) is 18.7. The van der Waals surface area contributed by atoms with Crippen LogP contribution in [0.2, 0.25) is 0 Å². The van der Waals surface area contributed by atoms with Gasteiger partial charge >= 0.3 is 0 Å². The summed E-state index contributed by atoms with van der Waals surface area (Å²) in [6.07, 6.45) is 8.97. The Hall–Kier alpha value is -3.91. The predicted octanol–water partition coefficient (Wildman–Crippen LogP) is 6.15. The summed E-state index contributed by atoms with van der Waals surface area (Å²) in [6, 6.07) is 11.9. The van der Waals surface area contributed by atoms with Gasteiger partial charge in [0, 0.05) is 49.0 Å². The van der Waals surface area contributed by atoms with Gasteiger partial charge < -0.3 is 20.2 Å². The minimum absolute atomic E-state index is 0.00618. The number of aromatic nitrogens is 4. The Balaban J connectivity index is 0.000000229. The summed E-state index contributed by atoms with van der Waals surface area (Å²) in [5.74, 6) is 1.79. The van der Waals surface area contributed by atoms with Crippen molar-refractivity contribution in [3.8, 4) is 0 Å². The Bertz CT molecular complexity index is 1290. The molecule has 0 bridgehead atoms. The van der Waals surface area contributed by atoms with Crippen molar-refractivity contribution in [2.45, 2.75) is 60.9 Å². The van der Waals surface area contributed by atoms with Gasteiger partial charge in [-0.1, -0.05) is 50.2 Å². The van der Waals surface area contributed by atoms with E-state index in [0.717, 1.165) is 58.1 Å². The number of aromatic amines is 1. The number of hydrogen-bond donors (Lipinski definition) is 3. The number of nitrogens with zero attached hydrogens (tertiary/aromatic N) is 3.